The third-order valence-corrected chi connectivity index (χ3v) is 4.11. The van der Waals surface area contributed by atoms with E-state index >= 15 is 0 Å². The number of benzene rings is 1. The Hall–Kier alpha value is -2.93. The van der Waals surface area contributed by atoms with Crippen molar-refractivity contribution in [2.45, 2.75) is 12.5 Å². The van der Waals surface area contributed by atoms with Crippen LogP contribution in [0, 0.1) is 0 Å². The highest BCUT2D eigenvalue weighted by Gasteiger charge is 2.33. The zero-order valence-electron chi connectivity index (χ0n) is 13.0. The van der Waals surface area contributed by atoms with Crippen LogP contribution in [-0.4, -0.2) is 40.5 Å². The smallest absolute Gasteiger partial charge is 0.354 e. The van der Waals surface area contributed by atoms with Gasteiger partial charge in [-0.3, -0.25) is 9.59 Å². The molecule has 2 amide bonds. The molecule has 1 aromatic heterocycles. The normalized spacial score (nSPS) is 16.8. The zero-order chi connectivity index (χ0) is 18.0. The van der Waals surface area contributed by atoms with Crippen LogP contribution in [-0.2, 0) is 4.79 Å². The van der Waals surface area contributed by atoms with Gasteiger partial charge in [0.1, 0.15) is 11.7 Å². The molecule has 2 aromatic rings. The van der Waals surface area contributed by atoms with Crippen molar-refractivity contribution >= 4 is 35.1 Å². The van der Waals surface area contributed by atoms with Gasteiger partial charge in [-0.05, 0) is 36.8 Å². The number of aromatic carboxylic acids is 1. The van der Waals surface area contributed by atoms with E-state index < -0.39 is 17.9 Å². The Morgan fingerprint density at radius 2 is 2.08 bits per heavy atom. The molecule has 0 aliphatic carbocycles. The molecule has 1 atom stereocenters. The van der Waals surface area contributed by atoms with Crippen LogP contribution in [0.15, 0.2) is 42.6 Å². The predicted octanol–water partition coefficient (Wildman–Crippen LogP) is 1.97. The van der Waals surface area contributed by atoms with E-state index in [9.17, 15) is 14.4 Å². The first-order valence-corrected chi connectivity index (χ1v) is 7.90. The van der Waals surface area contributed by atoms with Crippen molar-refractivity contribution in [2.24, 2.45) is 0 Å². The molecule has 1 aliphatic heterocycles. The minimum atomic E-state index is -1.17. The summed E-state index contributed by atoms with van der Waals surface area (Å²) in [5.74, 6) is -1.86. The maximum atomic E-state index is 12.5. The molecule has 0 spiro atoms. The van der Waals surface area contributed by atoms with Crippen LogP contribution in [0.2, 0.25) is 5.02 Å². The van der Waals surface area contributed by atoms with Gasteiger partial charge in [-0.25, -0.2) is 9.78 Å². The van der Waals surface area contributed by atoms with E-state index in [1.54, 1.807) is 29.2 Å². The first-order valence-electron chi connectivity index (χ1n) is 7.53. The number of hydrogen-bond acceptors (Lipinski definition) is 4. The molecule has 128 valence electrons. The van der Waals surface area contributed by atoms with Crippen LogP contribution in [0.1, 0.15) is 27.3 Å². The van der Waals surface area contributed by atoms with Gasteiger partial charge in [0.2, 0.25) is 5.91 Å². The molecule has 0 bridgehead atoms. The van der Waals surface area contributed by atoms with Gasteiger partial charge in [-0.2, -0.15) is 0 Å². The fourth-order valence-corrected chi connectivity index (χ4v) is 2.80. The lowest BCUT2D eigenvalue weighted by Gasteiger charge is -2.17. The lowest BCUT2D eigenvalue weighted by Crippen LogP contribution is -2.41. The van der Waals surface area contributed by atoms with Crippen molar-refractivity contribution in [3.05, 3.63) is 58.9 Å². The van der Waals surface area contributed by atoms with Gasteiger partial charge < -0.3 is 15.3 Å². The molecule has 7 nitrogen and oxygen atoms in total. The van der Waals surface area contributed by atoms with Crippen molar-refractivity contribution < 1.29 is 19.5 Å². The van der Waals surface area contributed by atoms with Gasteiger partial charge in [0.15, 0.2) is 0 Å². The maximum absolute atomic E-state index is 12.5. The first kappa shape index (κ1) is 16.9. The Morgan fingerprint density at radius 3 is 2.72 bits per heavy atom. The summed E-state index contributed by atoms with van der Waals surface area (Å²) in [4.78, 5) is 40.8. The summed E-state index contributed by atoms with van der Waals surface area (Å²) < 4.78 is 0. The lowest BCUT2D eigenvalue weighted by atomic mass is 10.2. The number of nitrogens with one attached hydrogen (secondary N) is 1. The van der Waals surface area contributed by atoms with E-state index in [2.05, 4.69) is 10.3 Å². The number of anilines is 1. The van der Waals surface area contributed by atoms with Crippen LogP contribution in [0.3, 0.4) is 0 Å². The molecule has 0 radical (unpaired) electrons. The summed E-state index contributed by atoms with van der Waals surface area (Å²) in [6.07, 6.45) is 1.64. The minimum Gasteiger partial charge on any atom is -0.477 e. The Balaban J connectivity index is 1.68. The summed E-state index contributed by atoms with van der Waals surface area (Å²) in [5, 5.41) is 12.0. The van der Waals surface area contributed by atoms with Crippen molar-refractivity contribution in [1.82, 2.24) is 10.3 Å². The highest BCUT2D eigenvalue weighted by molar-refractivity contribution is 6.31. The summed E-state index contributed by atoms with van der Waals surface area (Å²) in [6, 6.07) is 8.91. The van der Waals surface area contributed by atoms with Gasteiger partial charge in [-0.1, -0.05) is 17.7 Å². The molecule has 1 aliphatic rings. The van der Waals surface area contributed by atoms with Crippen molar-refractivity contribution in [3.8, 4) is 0 Å². The van der Waals surface area contributed by atoms with Crippen LogP contribution >= 0.6 is 11.6 Å². The number of aromatic nitrogens is 1. The van der Waals surface area contributed by atoms with E-state index in [-0.39, 0.29) is 17.2 Å². The number of hydrogen-bond donors (Lipinski definition) is 2. The average molecular weight is 360 g/mol. The number of carbonyl (C=O) groups is 3. The molecule has 25 heavy (non-hydrogen) atoms. The second-order valence-electron chi connectivity index (χ2n) is 5.52. The van der Waals surface area contributed by atoms with Crippen LogP contribution in [0.5, 0.6) is 0 Å². The molecule has 8 heteroatoms. The monoisotopic (exact) mass is 359 g/mol. The Morgan fingerprint density at radius 1 is 1.28 bits per heavy atom. The number of pyridine rings is 1. The van der Waals surface area contributed by atoms with Gasteiger partial charge in [-0.15, -0.1) is 0 Å². The Labute approximate surface area is 148 Å². The number of carbonyl (C=O) groups excluding carboxylic acids is 2. The topological polar surface area (TPSA) is 99.6 Å². The summed E-state index contributed by atoms with van der Waals surface area (Å²) in [5.41, 5.74) is 0.723. The molecule has 3 rings (SSSR count). The largest absolute Gasteiger partial charge is 0.477 e. The third-order valence-electron chi connectivity index (χ3n) is 3.88. The number of amides is 2. The van der Waals surface area contributed by atoms with E-state index in [0.717, 1.165) is 0 Å². The SMILES string of the molecule is O=C(NC1CCN(c2cccc(Cl)c2)C1=O)c1ccc(C(=O)O)nc1. The molecular weight excluding hydrogens is 346 g/mol. The standard InChI is InChI=1S/C17H14ClN3O4/c18-11-2-1-3-12(8-11)21-7-6-13(16(21)23)20-15(22)10-4-5-14(17(24)25)19-9-10/h1-5,8-9,13H,6-7H2,(H,20,22)(H,24,25). The van der Waals surface area contributed by atoms with E-state index in [1.807, 2.05) is 0 Å². The average Bonchev–Trinajstić information content (AvgIpc) is 2.95. The highest BCUT2D eigenvalue weighted by atomic mass is 35.5. The zero-order valence-corrected chi connectivity index (χ0v) is 13.7. The molecule has 2 N–H and O–H groups in total. The van der Waals surface area contributed by atoms with Crippen LogP contribution < -0.4 is 10.2 Å². The minimum absolute atomic E-state index is 0.152. The van der Waals surface area contributed by atoms with Crippen molar-refractivity contribution in [1.29, 1.82) is 0 Å². The van der Waals surface area contributed by atoms with Crippen molar-refractivity contribution in [3.63, 3.8) is 0 Å². The predicted molar refractivity (Wildman–Crippen MR) is 90.9 cm³/mol. The number of rotatable bonds is 4. The molecule has 1 unspecified atom stereocenters. The van der Waals surface area contributed by atoms with E-state index in [4.69, 9.17) is 16.7 Å². The first-order chi connectivity index (χ1) is 12.0. The van der Waals surface area contributed by atoms with Gasteiger partial charge in [0.05, 0.1) is 5.56 Å². The molecular formula is C17H14ClN3O4. The second-order valence-corrected chi connectivity index (χ2v) is 5.96. The molecule has 0 saturated carbocycles. The van der Waals surface area contributed by atoms with Crippen LogP contribution in [0.4, 0.5) is 5.69 Å². The summed E-state index contributed by atoms with van der Waals surface area (Å²) in [7, 11) is 0. The van der Waals surface area contributed by atoms with Gasteiger partial charge >= 0.3 is 5.97 Å². The number of carboxylic acids is 1. The van der Waals surface area contributed by atoms with E-state index in [1.165, 1.54) is 18.3 Å². The fraction of sp³-hybridized carbons (Fsp3) is 0.176. The summed E-state index contributed by atoms with van der Waals surface area (Å²) >= 11 is 5.95. The fourth-order valence-electron chi connectivity index (χ4n) is 2.61. The molecule has 1 saturated heterocycles. The summed E-state index contributed by atoms with van der Waals surface area (Å²) in [6.45, 7) is 0.473. The Bertz CT molecular complexity index is 838. The second kappa shape index (κ2) is 6.90. The third kappa shape index (κ3) is 3.61. The van der Waals surface area contributed by atoms with E-state index in [0.29, 0.717) is 23.7 Å². The molecule has 2 heterocycles. The van der Waals surface area contributed by atoms with Gasteiger partial charge in [0.25, 0.3) is 5.91 Å². The van der Waals surface area contributed by atoms with Crippen molar-refractivity contribution in [2.75, 3.05) is 11.4 Å². The number of carboxylic acid groups (broad SMARTS) is 1. The quantitative estimate of drug-likeness (QED) is 0.869. The molecule has 1 fully saturated rings. The van der Waals surface area contributed by atoms with Gasteiger partial charge in [0, 0.05) is 23.5 Å². The lowest BCUT2D eigenvalue weighted by molar-refractivity contribution is -0.118. The molecule has 1 aromatic carbocycles. The number of nitrogens with zero attached hydrogens (tertiary/aromatic N) is 2. The number of halogens is 1. The highest BCUT2D eigenvalue weighted by Crippen LogP contribution is 2.24. The Kier molecular flexibility index (Phi) is 4.67. The van der Waals surface area contributed by atoms with Crippen LogP contribution in [0.25, 0.3) is 0 Å². The maximum Gasteiger partial charge on any atom is 0.354 e.